The fourth-order valence-corrected chi connectivity index (χ4v) is 1.80. The predicted octanol–water partition coefficient (Wildman–Crippen LogP) is 2.40. The van der Waals surface area contributed by atoms with Crippen LogP contribution in [0.4, 0.5) is 15.8 Å². The molecule has 2 N–H and O–H groups in total. The Balaban J connectivity index is 2.28. The number of anilines is 2. The summed E-state index contributed by atoms with van der Waals surface area (Å²) >= 11 is 0. The van der Waals surface area contributed by atoms with Crippen molar-refractivity contribution in [1.82, 2.24) is 0 Å². The summed E-state index contributed by atoms with van der Waals surface area (Å²) in [5.41, 5.74) is 7.01. The van der Waals surface area contributed by atoms with Crippen molar-refractivity contribution in [2.45, 2.75) is 25.8 Å². The Hall–Kier alpha value is -1.25. The van der Waals surface area contributed by atoms with E-state index in [0.717, 1.165) is 12.2 Å². The van der Waals surface area contributed by atoms with Gasteiger partial charge in [0.15, 0.2) is 0 Å². The van der Waals surface area contributed by atoms with Gasteiger partial charge in [-0.3, -0.25) is 0 Å². The average Bonchev–Trinajstić information content (AvgIpc) is 2.87. The highest BCUT2D eigenvalue weighted by atomic mass is 19.1. The van der Waals surface area contributed by atoms with Crippen molar-refractivity contribution < 1.29 is 4.39 Å². The van der Waals surface area contributed by atoms with E-state index >= 15 is 0 Å². The molecule has 1 aliphatic carbocycles. The van der Waals surface area contributed by atoms with Crippen molar-refractivity contribution in [3.63, 3.8) is 0 Å². The van der Waals surface area contributed by atoms with Gasteiger partial charge in [-0.15, -0.1) is 0 Å². The minimum absolute atomic E-state index is 0.251. The Bertz CT molecular complexity index is 314. The molecule has 0 saturated heterocycles. The predicted molar refractivity (Wildman–Crippen MR) is 56.9 cm³/mol. The quantitative estimate of drug-likeness (QED) is 0.749. The molecule has 1 aromatic carbocycles. The SMILES string of the molecule is CCN(c1cc(N)cc(F)c1)C1CC1. The van der Waals surface area contributed by atoms with Crippen molar-refractivity contribution in [3.8, 4) is 0 Å². The minimum atomic E-state index is -0.251. The molecule has 1 aromatic rings. The third kappa shape index (κ3) is 1.81. The van der Waals surface area contributed by atoms with Gasteiger partial charge in [0.25, 0.3) is 0 Å². The van der Waals surface area contributed by atoms with Gasteiger partial charge in [-0.1, -0.05) is 0 Å². The number of nitrogen functional groups attached to an aromatic ring is 1. The number of nitrogens with zero attached hydrogens (tertiary/aromatic N) is 1. The molecule has 0 bridgehead atoms. The molecule has 0 atom stereocenters. The third-order valence-electron chi connectivity index (χ3n) is 2.56. The van der Waals surface area contributed by atoms with Gasteiger partial charge < -0.3 is 10.6 Å². The lowest BCUT2D eigenvalue weighted by Crippen LogP contribution is -2.25. The molecule has 14 heavy (non-hydrogen) atoms. The van der Waals surface area contributed by atoms with Gasteiger partial charge in [0, 0.05) is 24.0 Å². The summed E-state index contributed by atoms with van der Waals surface area (Å²) in [7, 11) is 0. The molecule has 1 fully saturated rings. The number of hydrogen-bond donors (Lipinski definition) is 1. The van der Waals surface area contributed by atoms with Gasteiger partial charge in [0.05, 0.1) is 0 Å². The topological polar surface area (TPSA) is 29.3 Å². The molecule has 2 rings (SSSR count). The molecule has 2 nitrogen and oxygen atoms in total. The van der Waals surface area contributed by atoms with E-state index in [1.54, 1.807) is 6.07 Å². The van der Waals surface area contributed by atoms with Crippen molar-refractivity contribution in [1.29, 1.82) is 0 Å². The molecule has 0 spiro atoms. The van der Waals surface area contributed by atoms with E-state index in [4.69, 9.17) is 5.73 Å². The molecule has 0 heterocycles. The lowest BCUT2D eigenvalue weighted by Gasteiger charge is -2.23. The Labute approximate surface area is 83.5 Å². The van der Waals surface area contributed by atoms with Gasteiger partial charge in [-0.05, 0) is 38.0 Å². The number of rotatable bonds is 3. The number of nitrogens with two attached hydrogens (primary N) is 1. The fourth-order valence-electron chi connectivity index (χ4n) is 1.80. The maximum Gasteiger partial charge on any atom is 0.127 e. The fraction of sp³-hybridized carbons (Fsp3) is 0.455. The summed E-state index contributed by atoms with van der Waals surface area (Å²) in [6.45, 7) is 2.99. The standard InChI is InChI=1S/C11H15FN2/c1-2-14(10-3-4-10)11-6-8(12)5-9(13)7-11/h5-7,10H,2-4,13H2,1H3. The molecule has 76 valence electrons. The smallest absolute Gasteiger partial charge is 0.127 e. The molecule has 1 aliphatic rings. The van der Waals surface area contributed by atoms with Gasteiger partial charge in [-0.2, -0.15) is 0 Å². The lowest BCUT2D eigenvalue weighted by molar-refractivity contribution is 0.627. The maximum atomic E-state index is 13.1. The van der Waals surface area contributed by atoms with Gasteiger partial charge in [0.1, 0.15) is 5.82 Å². The molecule has 0 aliphatic heterocycles. The van der Waals surface area contributed by atoms with Crippen LogP contribution in [0.3, 0.4) is 0 Å². The zero-order chi connectivity index (χ0) is 10.1. The highest BCUT2D eigenvalue weighted by Crippen LogP contribution is 2.32. The van der Waals surface area contributed by atoms with Crippen LogP contribution in [0.1, 0.15) is 19.8 Å². The summed E-state index contributed by atoms with van der Waals surface area (Å²) < 4.78 is 13.1. The summed E-state index contributed by atoms with van der Waals surface area (Å²) in [4.78, 5) is 2.21. The Kier molecular flexibility index (Phi) is 2.32. The van der Waals surface area contributed by atoms with Crippen LogP contribution in [-0.4, -0.2) is 12.6 Å². The van der Waals surface area contributed by atoms with E-state index < -0.39 is 0 Å². The van der Waals surface area contributed by atoms with Crippen LogP contribution in [-0.2, 0) is 0 Å². The molecule has 0 amide bonds. The van der Waals surface area contributed by atoms with Crippen molar-refractivity contribution in [3.05, 3.63) is 24.0 Å². The largest absolute Gasteiger partial charge is 0.399 e. The normalized spacial score (nSPS) is 15.6. The first kappa shape index (κ1) is 9.31. The number of hydrogen-bond acceptors (Lipinski definition) is 2. The third-order valence-corrected chi connectivity index (χ3v) is 2.56. The first-order valence-electron chi connectivity index (χ1n) is 5.03. The second-order valence-electron chi connectivity index (χ2n) is 3.76. The number of benzene rings is 1. The number of halogens is 1. The van der Waals surface area contributed by atoms with Crippen LogP contribution in [0.2, 0.25) is 0 Å². The minimum Gasteiger partial charge on any atom is -0.399 e. The maximum absolute atomic E-state index is 13.1. The first-order chi connectivity index (χ1) is 6.70. The Morgan fingerprint density at radius 1 is 1.43 bits per heavy atom. The molecule has 0 radical (unpaired) electrons. The van der Waals surface area contributed by atoms with E-state index in [1.807, 2.05) is 6.07 Å². The van der Waals surface area contributed by atoms with E-state index in [-0.39, 0.29) is 5.82 Å². The van der Waals surface area contributed by atoms with Crippen molar-refractivity contribution in [2.75, 3.05) is 17.2 Å². The van der Waals surface area contributed by atoms with E-state index in [0.29, 0.717) is 11.7 Å². The summed E-state index contributed by atoms with van der Waals surface area (Å²) in [6, 6.07) is 5.34. The van der Waals surface area contributed by atoms with Gasteiger partial charge >= 0.3 is 0 Å². The molecular formula is C11H15FN2. The summed E-state index contributed by atoms with van der Waals surface area (Å²) in [5.74, 6) is -0.251. The van der Waals surface area contributed by atoms with Crippen LogP contribution in [0.5, 0.6) is 0 Å². The van der Waals surface area contributed by atoms with Crippen LogP contribution in [0, 0.1) is 5.82 Å². The first-order valence-corrected chi connectivity index (χ1v) is 5.03. The second kappa shape index (κ2) is 3.48. The Morgan fingerprint density at radius 2 is 2.14 bits per heavy atom. The monoisotopic (exact) mass is 194 g/mol. The average molecular weight is 194 g/mol. The zero-order valence-electron chi connectivity index (χ0n) is 8.33. The molecular weight excluding hydrogens is 179 g/mol. The highest BCUT2D eigenvalue weighted by molar-refractivity contribution is 5.57. The summed E-state index contributed by atoms with van der Waals surface area (Å²) in [5, 5.41) is 0. The van der Waals surface area contributed by atoms with E-state index in [2.05, 4.69) is 11.8 Å². The van der Waals surface area contributed by atoms with E-state index in [1.165, 1.54) is 18.9 Å². The van der Waals surface area contributed by atoms with Crippen molar-refractivity contribution >= 4 is 11.4 Å². The molecule has 0 unspecified atom stereocenters. The van der Waals surface area contributed by atoms with Gasteiger partial charge in [-0.25, -0.2) is 4.39 Å². The molecule has 1 saturated carbocycles. The van der Waals surface area contributed by atoms with E-state index in [9.17, 15) is 4.39 Å². The molecule has 3 heteroatoms. The highest BCUT2D eigenvalue weighted by Gasteiger charge is 2.28. The van der Waals surface area contributed by atoms with Crippen LogP contribution >= 0.6 is 0 Å². The molecule has 0 aromatic heterocycles. The van der Waals surface area contributed by atoms with Crippen LogP contribution in [0.15, 0.2) is 18.2 Å². The van der Waals surface area contributed by atoms with Crippen LogP contribution in [0.25, 0.3) is 0 Å². The second-order valence-corrected chi connectivity index (χ2v) is 3.76. The summed E-state index contributed by atoms with van der Waals surface area (Å²) in [6.07, 6.45) is 2.43. The van der Waals surface area contributed by atoms with Crippen molar-refractivity contribution in [2.24, 2.45) is 0 Å². The zero-order valence-corrected chi connectivity index (χ0v) is 8.33. The Morgan fingerprint density at radius 3 is 2.64 bits per heavy atom. The lowest BCUT2D eigenvalue weighted by atomic mass is 10.2. The van der Waals surface area contributed by atoms with Gasteiger partial charge in [0.2, 0.25) is 0 Å². The van der Waals surface area contributed by atoms with Crippen LogP contribution < -0.4 is 10.6 Å².